The Morgan fingerprint density at radius 1 is 0.704 bits per heavy atom. The molecule has 1 heterocycles. The topological polar surface area (TPSA) is 17.2 Å². The normalized spacial score (nSPS) is 10.4. The number of pyridine rings is 1. The Balaban J connectivity index is 1.69. The summed E-state index contributed by atoms with van der Waals surface area (Å²) >= 11 is 0. The van der Waals surface area contributed by atoms with Crippen LogP contribution in [0.2, 0.25) is 0 Å². The van der Waals surface area contributed by atoms with Crippen molar-refractivity contribution in [3.8, 4) is 33.5 Å². The first-order chi connectivity index (χ1) is 13.2. The van der Waals surface area contributed by atoms with Gasteiger partial charge < -0.3 is 0 Å². The van der Waals surface area contributed by atoms with Gasteiger partial charge in [-0.05, 0) is 52.9 Å². The molecule has 0 N–H and O–H groups in total. The van der Waals surface area contributed by atoms with Crippen LogP contribution in [0.1, 0.15) is 5.56 Å². The van der Waals surface area contributed by atoms with Gasteiger partial charge in [-0.2, -0.15) is 0 Å². The molecule has 2 nitrogen and oxygen atoms in total. The van der Waals surface area contributed by atoms with Crippen molar-refractivity contribution < 1.29 is 0 Å². The number of nitrogens with zero attached hydrogens (tertiary/aromatic N) is 2. The second-order valence-electron chi connectivity index (χ2n) is 6.49. The summed E-state index contributed by atoms with van der Waals surface area (Å²) in [7, 11) is 0. The van der Waals surface area contributed by atoms with Crippen LogP contribution in [0.4, 0.5) is 5.69 Å². The van der Waals surface area contributed by atoms with Gasteiger partial charge in [-0.25, -0.2) is 4.85 Å². The molecule has 4 rings (SSSR count). The Labute approximate surface area is 159 Å². The molecule has 0 atom stereocenters. The molecule has 3 aromatic carbocycles. The van der Waals surface area contributed by atoms with E-state index in [9.17, 15) is 0 Å². The van der Waals surface area contributed by atoms with Gasteiger partial charge in [0.1, 0.15) is 0 Å². The molecule has 1 aromatic heterocycles. The fraction of sp³-hybridized carbons (Fsp3) is 0.0400. The fourth-order valence-corrected chi connectivity index (χ4v) is 3.20. The van der Waals surface area contributed by atoms with E-state index in [0.717, 1.165) is 27.9 Å². The van der Waals surface area contributed by atoms with Gasteiger partial charge in [0.05, 0.1) is 12.3 Å². The molecule has 0 spiro atoms. The second kappa shape index (κ2) is 7.27. The highest BCUT2D eigenvalue weighted by molar-refractivity contribution is 5.75. The number of benzene rings is 3. The first kappa shape index (κ1) is 16.8. The lowest BCUT2D eigenvalue weighted by atomic mass is 9.99. The molecular formula is C25H18N2. The highest BCUT2D eigenvalue weighted by Gasteiger charge is 2.06. The number of hydrogen-bond acceptors (Lipinski definition) is 1. The van der Waals surface area contributed by atoms with Gasteiger partial charge >= 0.3 is 0 Å². The number of aromatic nitrogens is 1. The molecule has 0 aliphatic carbocycles. The van der Waals surface area contributed by atoms with Crippen molar-refractivity contribution in [3.05, 3.63) is 108 Å². The molecule has 0 aliphatic heterocycles. The monoisotopic (exact) mass is 346 g/mol. The molecule has 0 saturated heterocycles. The van der Waals surface area contributed by atoms with Crippen LogP contribution in [0, 0.1) is 13.5 Å². The largest absolute Gasteiger partial charge is 0.256 e. The van der Waals surface area contributed by atoms with E-state index in [2.05, 4.69) is 71.4 Å². The van der Waals surface area contributed by atoms with E-state index in [-0.39, 0.29) is 0 Å². The zero-order valence-corrected chi connectivity index (χ0v) is 15.1. The van der Waals surface area contributed by atoms with Gasteiger partial charge in [-0.1, -0.05) is 66.7 Å². The SMILES string of the molecule is [C-]#[N+]c1ccc(C)c(-c2ccc(-c3cccc(-c4ccccc4)c3)nc2)c1. The zero-order valence-electron chi connectivity index (χ0n) is 15.1. The third-order valence-corrected chi connectivity index (χ3v) is 4.69. The molecule has 0 fully saturated rings. The molecule has 27 heavy (non-hydrogen) atoms. The van der Waals surface area contributed by atoms with Gasteiger partial charge in [0.25, 0.3) is 0 Å². The predicted molar refractivity (Wildman–Crippen MR) is 112 cm³/mol. The first-order valence-electron chi connectivity index (χ1n) is 8.85. The van der Waals surface area contributed by atoms with Gasteiger partial charge in [-0.3, -0.25) is 4.98 Å². The summed E-state index contributed by atoms with van der Waals surface area (Å²) in [6.45, 7) is 9.28. The smallest absolute Gasteiger partial charge is 0.187 e. The lowest BCUT2D eigenvalue weighted by Gasteiger charge is -2.09. The second-order valence-corrected chi connectivity index (χ2v) is 6.49. The van der Waals surface area contributed by atoms with Crippen LogP contribution < -0.4 is 0 Å². The Bertz CT molecular complexity index is 1120. The van der Waals surface area contributed by atoms with Crippen molar-refractivity contribution in [2.45, 2.75) is 6.92 Å². The Kier molecular flexibility index (Phi) is 4.51. The maximum absolute atomic E-state index is 7.22. The first-order valence-corrected chi connectivity index (χ1v) is 8.85. The number of rotatable bonds is 3. The molecule has 0 amide bonds. The predicted octanol–water partition coefficient (Wildman–Crippen LogP) is 6.94. The van der Waals surface area contributed by atoms with E-state index in [0.29, 0.717) is 5.69 Å². The zero-order chi connectivity index (χ0) is 18.6. The lowest BCUT2D eigenvalue weighted by Crippen LogP contribution is -1.88. The van der Waals surface area contributed by atoms with Crippen LogP contribution in [0.25, 0.3) is 38.4 Å². The molecular weight excluding hydrogens is 328 g/mol. The van der Waals surface area contributed by atoms with Crippen molar-refractivity contribution in [2.24, 2.45) is 0 Å². The molecule has 0 bridgehead atoms. The number of aryl methyl sites for hydroxylation is 1. The summed E-state index contributed by atoms with van der Waals surface area (Å²) in [5.41, 5.74) is 8.28. The summed E-state index contributed by atoms with van der Waals surface area (Å²) in [5.74, 6) is 0. The molecule has 0 aliphatic rings. The third-order valence-electron chi connectivity index (χ3n) is 4.69. The van der Waals surface area contributed by atoms with E-state index >= 15 is 0 Å². The van der Waals surface area contributed by atoms with Crippen LogP contribution >= 0.6 is 0 Å². The van der Waals surface area contributed by atoms with Gasteiger partial charge in [0.2, 0.25) is 0 Å². The average Bonchev–Trinajstić information content (AvgIpc) is 2.75. The van der Waals surface area contributed by atoms with Crippen molar-refractivity contribution in [1.29, 1.82) is 0 Å². The van der Waals surface area contributed by atoms with Crippen molar-refractivity contribution in [1.82, 2.24) is 4.98 Å². The molecule has 0 saturated carbocycles. The van der Waals surface area contributed by atoms with Gasteiger partial charge in [0, 0.05) is 11.8 Å². The van der Waals surface area contributed by atoms with E-state index < -0.39 is 0 Å². The molecule has 0 unspecified atom stereocenters. The maximum Gasteiger partial charge on any atom is 0.187 e. The van der Waals surface area contributed by atoms with Crippen LogP contribution in [0.15, 0.2) is 91.1 Å². The minimum absolute atomic E-state index is 0.648. The Hall–Kier alpha value is -3.70. The van der Waals surface area contributed by atoms with Gasteiger partial charge in [-0.15, -0.1) is 0 Å². The van der Waals surface area contributed by atoms with Crippen LogP contribution in [-0.2, 0) is 0 Å². The van der Waals surface area contributed by atoms with Gasteiger partial charge in [0.15, 0.2) is 5.69 Å². The average molecular weight is 346 g/mol. The third kappa shape index (κ3) is 3.49. The lowest BCUT2D eigenvalue weighted by molar-refractivity contribution is 1.32. The van der Waals surface area contributed by atoms with Crippen LogP contribution in [0.3, 0.4) is 0 Å². The summed E-state index contributed by atoms with van der Waals surface area (Å²) in [4.78, 5) is 8.21. The minimum atomic E-state index is 0.648. The van der Waals surface area contributed by atoms with Crippen LogP contribution in [-0.4, -0.2) is 4.98 Å². The van der Waals surface area contributed by atoms with E-state index in [1.165, 1.54) is 11.1 Å². The quantitative estimate of drug-likeness (QED) is 0.367. The van der Waals surface area contributed by atoms with Crippen molar-refractivity contribution in [3.63, 3.8) is 0 Å². The van der Waals surface area contributed by atoms with E-state index in [1.807, 2.05) is 36.5 Å². The Morgan fingerprint density at radius 3 is 2.22 bits per heavy atom. The highest BCUT2D eigenvalue weighted by atomic mass is 14.7. The summed E-state index contributed by atoms with van der Waals surface area (Å²) < 4.78 is 0. The molecule has 4 aromatic rings. The molecule has 2 heteroatoms. The summed E-state index contributed by atoms with van der Waals surface area (Å²) in [6.07, 6.45) is 1.89. The van der Waals surface area contributed by atoms with Crippen molar-refractivity contribution >= 4 is 5.69 Å². The molecule has 128 valence electrons. The fourth-order valence-electron chi connectivity index (χ4n) is 3.20. The number of hydrogen-bond donors (Lipinski definition) is 0. The standard InChI is InChI=1S/C25H18N2/c1-18-11-13-23(26-2)16-24(18)22-12-14-25(27-17-22)21-10-6-9-20(15-21)19-7-4-3-5-8-19/h3-17H,1H3. The van der Waals surface area contributed by atoms with Crippen LogP contribution in [0.5, 0.6) is 0 Å². The summed E-state index contributed by atoms with van der Waals surface area (Å²) in [6, 6.07) is 28.7. The minimum Gasteiger partial charge on any atom is -0.256 e. The Morgan fingerprint density at radius 2 is 1.48 bits per heavy atom. The van der Waals surface area contributed by atoms with E-state index in [4.69, 9.17) is 6.57 Å². The van der Waals surface area contributed by atoms with E-state index in [1.54, 1.807) is 0 Å². The maximum atomic E-state index is 7.22. The molecule has 0 radical (unpaired) electrons. The van der Waals surface area contributed by atoms with Crippen molar-refractivity contribution in [2.75, 3.05) is 0 Å². The summed E-state index contributed by atoms with van der Waals surface area (Å²) in [5, 5.41) is 0. The highest BCUT2D eigenvalue weighted by Crippen LogP contribution is 2.30.